The van der Waals surface area contributed by atoms with E-state index in [1.54, 1.807) is 11.6 Å². The summed E-state index contributed by atoms with van der Waals surface area (Å²) in [6.45, 7) is 11.0. The van der Waals surface area contributed by atoms with Crippen molar-refractivity contribution in [1.82, 2.24) is 15.1 Å². The quantitative estimate of drug-likeness (QED) is 0.671. The summed E-state index contributed by atoms with van der Waals surface area (Å²) in [6, 6.07) is 0. The van der Waals surface area contributed by atoms with Gasteiger partial charge in [-0.1, -0.05) is 6.92 Å². The van der Waals surface area contributed by atoms with Crippen LogP contribution in [0.25, 0.3) is 0 Å². The summed E-state index contributed by atoms with van der Waals surface area (Å²) < 4.78 is 1.79. The van der Waals surface area contributed by atoms with Crippen molar-refractivity contribution in [3.05, 3.63) is 15.8 Å². The highest BCUT2D eigenvalue weighted by molar-refractivity contribution is 5.62. The highest BCUT2D eigenvalue weighted by Gasteiger charge is 2.34. The summed E-state index contributed by atoms with van der Waals surface area (Å²) in [4.78, 5) is 13.2. The van der Waals surface area contributed by atoms with Crippen molar-refractivity contribution in [3.8, 4) is 0 Å². The van der Waals surface area contributed by atoms with Crippen LogP contribution in [-0.2, 0) is 6.54 Å². The monoisotopic (exact) mass is 281 g/mol. The third-order valence-electron chi connectivity index (χ3n) is 3.56. The van der Waals surface area contributed by atoms with Crippen LogP contribution in [0.1, 0.15) is 32.9 Å². The molecule has 0 unspecified atom stereocenters. The highest BCUT2D eigenvalue weighted by atomic mass is 16.6. The Labute approximate surface area is 119 Å². The molecule has 1 aliphatic rings. The predicted molar refractivity (Wildman–Crippen MR) is 78.2 cm³/mol. The molecule has 1 aromatic rings. The Morgan fingerprint density at radius 2 is 2.20 bits per heavy atom. The fraction of sp³-hybridized carbons (Fsp3) is 0.769. The smallest absolute Gasteiger partial charge is 0.333 e. The van der Waals surface area contributed by atoms with Crippen LogP contribution in [0.5, 0.6) is 0 Å². The number of aryl methyl sites for hydroxylation is 2. The second-order valence-corrected chi connectivity index (χ2v) is 5.97. The predicted octanol–water partition coefficient (Wildman–Crippen LogP) is 1.70. The molecule has 1 aliphatic heterocycles. The third-order valence-corrected chi connectivity index (χ3v) is 3.56. The molecule has 1 saturated heterocycles. The van der Waals surface area contributed by atoms with E-state index in [0.717, 1.165) is 26.1 Å². The molecular formula is C13H23N5O2. The normalized spacial score (nSPS) is 18.3. The molecule has 0 amide bonds. The van der Waals surface area contributed by atoms with Gasteiger partial charge >= 0.3 is 5.69 Å². The lowest BCUT2D eigenvalue weighted by Gasteiger charge is -2.39. The number of nitrogens with zero attached hydrogens (tertiary/aromatic N) is 4. The molecule has 0 aromatic carbocycles. The van der Waals surface area contributed by atoms with Crippen LogP contribution in [0.2, 0.25) is 0 Å². The summed E-state index contributed by atoms with van der Waals surface area (Å²) in [5.41, 5.74) is 0.590. The van der Waals surface area contributed by atoms with E-state index in [-0.39, 0.29) is 16.1 Å². The molecule has 0 spiro atoms. The Balaban J connectivity index is 2.44. The van der Waals surface area contributed by atoms with Gasteiger partial charge in [-0.3, -0.25) is 10.1 Å². The fourth-order valence-electron chi connectivity index (χ4n) is 2.78. The summed E-state index contributed by atoms with van der Waals surface area (Å²) in [5, 5.41) is 19.2. The lowest BCUT2D eigenvalue weighted by Crippen LogP contribution is -2.57. The standard InChI is InChI=1S/C13H23N5O2/c1-5-7-17-12(11(18(19)20)10(2)15-17)16-8-6-14-13(3,4)9-16/h14H,5-9H2,1-4H3. The van der Waals surface area contributed by atoms with E-state index in [1.165, 1.54) is 0 Å². The van der Waals surface area contributed by atoms with Gasteiger partial charge in [0.15, 0.2) is 0 Å². The van der Waals surface area contributed by atoms with Gasteiger partial charge in [-0.25, -0.2) is 4.68 Å². The van der Waals surface area contributed by atoms with Crippen LogP contribution in [0.3, 0.4) is 0 Å². The first-order valence-electron chi connectivity index (χ1n) is 7.07. The molecular weight excluding hydrogens is 258 g/mol. The Morgan fingerprint density at radius 1 is 1.50 bits per heavy atom. The molecule has 0 radical (unpaired) electrons. The summed E-state index contributed by atoms with van der Waals surface area (Å²) in [6.07, 6.45) is 0.904. The van der Waals surface area contributed by atoms with E-state index in [0.29, 0.717) is 18.1 Å². The van der Waals surface area contributed by atoms with Gasteiger partial charge in [-0.05, 0) is 27.2 Å². The van der Waals surface area contributed by atoms with Crippen molar-refractivity contribution in [1.29, 1.82) is 0 Å². The second kappa shape index (κ2) is 5.40. The molecule has 2 rings (SSSR count). The molecule has 112 valence electrons. The average molecular weight is 281 g/mol. The van der Waals surface area contributed by atoms with Crippen LogP contribution in [-0.4, -0.2) is 39.9 Å². The molecule has 0 saturated carbocycles. The van der Waals surface area contributed by atoms with Crippen molar-refractivity contribution in [2.24, 2.45) is 0 Å². The minimum absolute atomic E-state index is 0.0542. The molecule has 1 fully saturated rings. The largest absolute Gasteiger partial charge is 0.348 e. The van der Waals surface area contributed by atoms with Gasteiger partial charge in [0.05, 0.1) is 4.92 Å². The lowest BCUT2D eigenvalue weighted by molar-refractivity contribution is -0.384. The minimum atomic E-state index is -0.307. The van der Waals surface area contributed by atoms with E-state index >= 15 is 0 Å². The number of hydrogen-bond donors (Lipinski definition) is 1. The van der Waals surface area contributed by atoms with Gasteiger partial charge in [0.25, 0.3) is 0 Å². The van der Waals surface area contributed by atoms with Crippen molar-refractivity contribution < 1.29 is 4.92 Å². The van der Waals surface area contributed by atoms with Gasteiger partial charge in [0.2, 0.25) is 5.82 Å². The maximum absolute atomic E-state index is 11.4. The summed E-state index contributed by atoms with van der Waals surface area (Å²) in [5.74, 6) is 0.656. The van der Waals surface area contributed by atoms with E-state index in [1.807, 2.05) is 6.92 Å². The molecule has 2 heterocycles. The zero-order valence-electron chi connectivity index (χ0n) is 12.6. The Kier molecular flexibility index (Phi) is 3.99. The zero-order valence-corrected chi connectivity index (χ0v) is 12.6. The number of piperazine rings is 1. The van der Waals surface area contributed by atoms with E-state index in [9.17, 15) is 10.1 Å². The lowest BCUT2D eigenvalue weighted by atomic mass is 10.0. The molecule has 7 nitrogen and oxygen atoms in total. The van der Waals surface area contributed by atoms with Crippen LogP contribution in [0, 0.1) is 17.0 Å². The SMILES string of the molecule is CCCn1nc(C)c([N+](=O)[O-])c1N1CCNC(C)(C)C1. The maximum Gasteiger partial charge on any atom is 0.333 e. The third kappa shape index (κ3) is 2.77. The minimum Gasteiger partial charge on any atom is -0.348 e. The Bertz CT molecular complexity index is 509. The Hall–Kier alpha value is -1.63. The molecule has 7 heteroatoms. The van der Waals surface area contributed by atoms with E-state index in [4.69, 9.17) is 0 Å². The molecule has 20 heavy (non-hydrogen) atoms. The number of nitro groups is 1. The van der Waals surface area contributed by atoms with Gasteiger partial charge in [-0.15, -0.1) is 0 Å². The molecule has 1 N–H and O–H groups in total. The number of hydrogen-bond acceptors (Lipinski definition) is 5. The zero-order chi connectivity index (χ0) is 14.9. The second-order valence-electron chi connectivity index (χ2n) is 5.97. The van der Waals surface area contributed by atoms with Crippen LogP contribution in [0.4, 0.5) is 11.5 Å². The van der Waals surface area contributed by atoms with Crippen molar-refractivity contribution in [2.45, 2.75) is 46.2 Å². The molecule has 0 bridgehead atoms. The average Bonchev–Trinajstić information content (AvgIpc) is 2.65. The number of anilines is 1. The van der Waals surface area contributed by atoms with Crippen LogP contribution < -0.4 is 10.2 Å². The topological polar surface area (TPSA) is 76.2 Å². The van der Waals surface area contributed by atoms with E-state index in [2.05, 4.69) is 29.2 Å². The summed E-state index contributed by atoms with van der Waals surface area (Å²) >= 11 is 0. The van der Waals surface area contributed by atoms with Crippen molar-refractivity contribution >= 4 is 11.5 Å². The molecule has 0 atom stereocenters. The first-order valence-corrected chi connectivity index (χ1v) is 7.07. The fourth-order valence-corrected chi connectivity index (χ4v) is 2.78. The first-order chi connectivity index (χ1) is 9.35. The van der Waals surface area contributed by atoms with Crippen LogP contribution in [0.15, 0.2) is 0 Å². The van der Waals surface area contributed by atoms with Gasteiger partial charge in [-0.2, -0.15) is 5.10 Å². The maximum atomic E-state index is 11.4. The van der Waals surface area contributed by atoms with Gasteiger partial charge < -0.3 is 10.2 Å². The van der Waals surface area contributed by atoms with Crippen molar-refractivity contribution in [3.63, 3.8) is 0 Å². The number of rotatable bonds is 4. The summed E-state index contributed by atoms with van der Waals surface area (Å²) in [7, 11) is 0. The van der Waals surface area contributed by atoms with Gasteiger partial charge in [0, 0.05) is 31.7 Å². The van der Waals surface area contributed by atoms with Crippen LogP contribution >= 0.6 is 0 Å². The first kappa shape index (κ1) is 14.8. The molecule has 0 aliphatic carbocycles. The van der Waals surface area contributed by atoms with Gasteiger partial charge in [0.1, 0.15) is 5.69 Å². The van der Waals surface area contributed by atoms with E-state index < -0.39 is 0 Å². The van der Waals surface area contributed by atoms with Crippen molar-refractivity contribution in [2.75, 3.05) is 24.5 Å². The highest BCUT2D eigenvalue weighted by Crippen LogP contribution is 2.33. The Morgan fingerprint density at radius 3 is 2.75 bits per heavy atom. The number of nitrogens with one attached hydrogen (secondary N) is 1. The number of aromatic nitrogens is 2. The molecule has 1 aromatic heterocycles.